The van der Waals surface area contributed by atoms with E-state index in [1.807, 2.05) is 20.0 Å². The molecule has 0 aromatic carbocycles. The number of aromatic nitrogens is 3. The zero-order valence-corrected chi connectivity index (χ0v) is 9.21. The standard InChI is InChI=1S/C8H11N5OS/c1-4-3-10-6(15-4)5(2)11-8-13-12-7(9)14-8/h3,5H,1-2H3,(H2,9,12)(H,11,13). The van der Waals surface area contributed by atoms with Crippen LogP contribution >= 0.6 is 11.3 Å². The topological polar surface area (TPSA) is 89.9 Å². The van der Waals surface area contributed by atoms with E-state index in [1.165, 1.54) is 4.88 Å². The molecule has 0 fully saturated rings. The quantitative estimate of drug-likeness (QED) is 0.824. The molecule has 0 radical (unpaired) electrons. The molecule has 0 amide bonds. The third kappa shape index (κ3) is 2.24. The van der Waals surface area contributed by atoms with Gasteiger partial charge in [-0.2, -0.15) is 0 Å². The monoisotopic (exact) mass is 225 g/mol. The summed E-state index contributed by atoms with van der Waals surface area (Å²) in [6.07, 6.45) is 1.83. The first-order valence-corrected chi connectivity index (χ1v) is 5.24. The Bertz CT molecular complexity index is 451. The molecular formula is C8H11N5OS. The first kappa shape index (κ1) is 9.91. The van der Waals surface area contributed by atoms with Gasteiger partial charge in [0.15, 0.2) is 0 Å². The molecule has 15 heavy (non-hydrogen) atoms. The molecule has 2 aromatic heterocycles. The normalized spacial score (nSPS) is 12.7. The van der Waals surface area contributed by atoms with E-state index >= 15 is 0 Å². The van der Waals surface area contributed by atoms with Crippen LogP contribution in [0.5, 0.6) is 0 Å². The largest absolute Gasteiger partial charge is 0.390 e. The molecule has 80 valence electrons. The fraction of sp³-hybridized carbons (Fsp3) is 0.375. The molecule has 2 rings (SSSR count). The Morgan fingerprint density at radius 2 is 2.33 bits per heavy atom. The summed E-state index contributed by atoms with van der Waals surface area (Å²) in [7, 11) is 0. The van der Waals surface area contributed by atoms with Crippen LogP contribution in [0.3, 0.4) is 0 Å². The van der Waals surface area contributed by atoms with Crippen molar-refractivity contribution in [1.29, 1.82) is 0 Å². The number of aryl methyl sites for hydroxylation is 1. The zero-order chi connectivity index (χ0) is 10.8. The summed E-state index contributed by atoms with van der Waals surface area (Å²) in [6, 6.07) is 0.399. The third-order valence-electron chi connectivity index (χ3n) is 1.79. The van der Waals surface area contributed by atoms with Crippen LogP contribution in [0.25, 0.3) is 0 Å². The highest BCUT2D eigenvalue weighted by molar-refractivity contribution is 7.11. The summed E-state index contributed by atoms with van der Waals surface area (Å²) in [4.78, 5) is 5.42. The molecule has 0 aliphatic carbocycles. The minimum absolute atomic E-state index is 0.0311. The maximum Gasteiger partial charge on any atom is 0.317 e. The van der Waals surface area contributed by atoms with Crippen molar-refractivity contribution in [2.75, 3.05) is 11.1 Å². The molecule has 1 unspecified atom stereocenters. The molecule has 0 bridgehead atoms. The van der Waals surface area contributed by atoms with Crippen molar-refractivity contribution in [3.05, 3.63) is 16.1 Å². The number of nitrogens with one attached hydrogen (secondary N) is 1. The van der Waals surface area contributed by atoms with Crippen LogP contribution in [0, 0.1) is 6.92 Å². The Hall–Kier alpha value is -1.63. The van der Waals surface area contributed by atoms with Crippen LogP contribution in [0.4, 0.5) is 12.0 Å². The average molecular weight is 225 g/mol. The lowest BCUT2D eigenvalue weighted by molar-refractivity contribution is 0.578. The first-order valence-electron chi connectivity index (χ1n) is 4.43. The van der Waals surface area contributed by atoms with Gasteiger partial charge in [0, 0.05) is 11.1 Å². The van der Waals surface area contributed by atoms with E-state index in [1.54, 1.807) is 11.3 Å². The highest BCUT2D eigenvalue weighted by Crippen LogP contribution is 2.22. The Kier molecular flexibility index (Phi) is 2.55. The number of nitrogen functional groups attached to an aromatic ring is 1. The second kappa shape index (κ2) is 3.85. The minimum Gasteiger partial charge on any atom is -0.390 e. The van der Waals surface area contributed by atoms with Crippen molar-refractivity contribution >= 4 is 23.4 Å². The maximum atomic E-state index is 5.30. The summed E-state index contributed by atoms with van der Waals surface area (Å²) >= 11 is 1.63. The fourth-order valence-corrected chi connectivity index (χ4v) is 1.89. The third-order valence-corrected chi connectivity index (χ3v) is 2.89. The lowest BCUT2D eigenvalue weighted by atomic mass is 10.4. The summed E-state index contributed by atoms with van der Waals surface area (Å²) in [6.45, 7) is 3.98. The van der Waals surface area contributed by atoms with Crippen LogP contribution in [-0.4, -0.2) is 15.2 Å². The number of anilines is 2. The van der Waals surface area contributed by atoms with Crippen LogP contribution < -0.4 is 11.1 Å². The van der Waals surface area contributed by atoms with Gasteiger partial charge in [0.1, 0.15) is 5.01 Å². The van der Waals surface area contributed by atoms with Gasteiger partial charge in [-0.15, -0.1) is 11.3 Å². The van der Waals surface area contributed by atoms with Gasteiger partial charge in [-0.1, -0.05) is 10.2 Å². The molecule has 0 aliphatic heterocycles. The summed E-state index contributed by atoms with van der Waals surface area (Å²) < 4.78 is 5.00. The van der Waals surface area contributed by atoms with Gasteiger partial charge in [-0.3, -0.25) is 0 Å². The predicted octanol–water partition coefficient (Wildman–Crippen LogP) is 1.59. The molecule has 0 saturated carbocycles. The Morgan fingerprint density at radius 1 is 1.53 bits per heavy atom. The summed E-state index contributed by atoms with van der Waals surface area (Å²) in [5.41, 5.74) is 5.30. The van der Waals surface area contributed by atoms with Gasteiger partial charge in [0.25, 0.3) is 0 Å². The number of nitrogens with two attached hydrogens (primary N) is 1. The number of rotatable bonds is 3. The number of hydrogen-bond acceptors (Lipinski definition) is 7. The van der Waals surface area contributed by atoms with E-state index in [0.717, 1.165) is 5.01 Å². The van der Waals surface area contributed by atoms with Crippen molar-refractivity contribution in [3.8, 4) is 0 Å². The molecule has 0 spiro atoms. The number of nitrogens with zero attached hydrogens (tertiary/aromatic N) is 3. The highest BCUT2D eigenvalue weighted by Gasteiger charge is 2.12. The average Bonchev–Trinajstić information content (AvgIpc) is 2.75. The summed E-state index contributed by atoms with van der Waals surface area (Å²) in [5, 5.41) is 11.3. The molecule has 2 aromatic rings. The van der Waals surface area contributed by atoms with Gasteiger partial charge < -0.3 is 15.5 Å². The molecule has 6 nitrogen and oxygen atoms in total. The van der Waals surface area contributed by atoms with Gasteiger partial charge in [-0.05, 0) is 13.8 Å². The van der Waals surface area contributed by atoms with Gasteiger partial charge >= 0.3 is 12.0 Å². The Labute approximate surface area is 90.5 Å². The van der Waals surface area contributed by atoms with Gasteiger partial charge in [-0.25, -0.2) is 4.98 Å². The van der Waals surface area contributed by atoms with Crippen LogP contribution in [0.15, 0.2) is 10.6 Å². The number of thiazole rings is 1. The Morgan fingerprint density at radius 3 is 2.87 bits per heavy atom. The van der Waals surface area contributed by atoms with E-state index in [4.69, 9.17) is 10.2 Å². The second-order valence-electron chi connectivity index (χ2n) is 3.12. The molecule has 0 aliphatic rings. The van der Waals surface area contributed by atoms with Crippen molar-refractivity contribution < 1.29 is 4.42 Å². The van der Waals surface area contributed by atoms with Crippen LogP contribution in [0.1, 0.15) is 22.9 Å². The van der Waals surface area contributed by atoms with Crippen LogP contribution in [-0.2, 0) is 0 Å². The van der Waals surface area contributed by atoms with Crippen molar-refractivity contribution in [2.45, 2.75) is 19.9 Å². The van der Waals surface area contributed by atoms with Gasteiger partial charge in [0.05, 0.1) is 6.04 Å². The molecular weight excluding hydrogens is 214 g/mol. The smallest absolute Gasteiger partial charge is 0.317 e. The summed E-state index contributed by atoms with van der Waals surface area (Å²) in [5.74, 6) is 0. The second-order valence-corrected chi connectivity index (χ2v) is 4.39. The lowest BCUT2D eigenvalue weighted by Gasteiger charge is -2.07. The fourth-order valence-electron chi connectivity index (χ4n) is 1.11. The van der Waals surface area contributed by atoms with E-state index < -0.39 is 0 Å². The van der Waals surface area contributed by atoms with E-state index in [9.17, 15) is 0 Å². The van der Waals surface area contributed by atoms with E-state index in [0.29, 0.717) is 6.01 Å². The van der Waals surface area contributed by atoms with Crippen molar-refractivity contribution in [2.24, 2.45) is 0 Å². The number of hydrogen-bond donors (Lipinski definition) is 2. The van der Waals surface area contributed by atoms with Gasteiger partial charge in [0.2, 0.25) is 0 Å². The molecule has 1 atom stereocenters. The Balaban J connectivity index is 2.06. The maximum absolute atomic E-state index is 5.30. The molecule has 2 heterocycles. The van der Waals surface area contributed by atoms with Crippen molar-refractivity contribution in [3.63, 3.8) is 0 Å². The predicted molar refractivity (Wildman–Crippen MR) is 57.6 cm³/mol. The van der Waals surface area contributed by atoms with E-state index in [2.05, 4.69) is 20.5 Å². The van der Waals surface area contributed by atoms with E-state index in [-0.39, 0.29) is 12.1 Å². The molecule has 7 heteroatoms. The highest BCUT2D eigenvalue weighted by atomic mass is 32.1. The SMILES string of the molecule is Cc1cnc(C(C)Nc2nnc(N)o2)s1. The van der Waals surface area contributed by atoms with Crippen LogP contribution in [0.2, 0.25) is 0 Å². The first-order chi connectivity index (χ1) is 7.15. The molecule has 3 N–H and O–H groups in total. The zero-order valence-electron chi connectivity index (χ0n) is 8.39. The minimum atomic E-state index is 0.0311. The molecule has 0 saturated heterocycles. The van der Waals surface area contributed by atoms with Crippen molar-refractivity contribution in [1.82, 2.24) is 15.2 Å². The lowest BCUT2D eigenvalue weighted by Crippen LogP contribution is -2.06.